The van der Waals surface area contributed by atoms with Crippen molar-refractivity contribution in [3.63, 3.8) is 0 Å². The first-order valence-electron chi connectivity index (χ1n) is 11.8. The van der Waals surface area contributed by atoms with Gasteiger partial charge in [0.05, 0.1) is 12.5 Å². The number of hydrogen-bond donors (Lipinski definition) is 3. The number of benzene rings is 2. The van der Waals surface area contributed by atoms with Crippen molar-refractivity contribution in [2.75, 3.05) is 6.61 Å². The second kappa shape index (κ2) is 13.8. The summed E-state index contributed by atoms with van der Waals surface area (Å²) < 4.78 is 69.7. The van der Waals surface area contributed by atoms with Crippen molar-refractivity contribution in [2.24, 2.45) is 0 Å². The third kappa shape index (κ3) is 10.1. The van der Waals surface area contributed by atoms with Crippen LogP contribution in [-0.2, 0) is 25.7 Å². The molecule has 0 spiro atoms. The van der Waals surface area contributed by atoms with E-state index in [-0.39, 0.29) is 12.7 Å². The van der Waals surface area contributed by atoms with E-state index in [1.54, 1.807) is 51.1 Å². The molecule has 3 N–H and O–H groups in total. The van der Waals surface area contributed by atoms with Crippen LogP contribution in [0.25, 0.3) is 0 Å². The topological polar surface area (TPSA) is 123 Å². The highest BCUT2D eigenvalue weighted by atomic mass is 19.2. The number of amides is 2. The number of rotatable bonds is 11. The molecule has 9 nitrogen and oxygen atoms in total. The van der Waals surface area contributed by atoms with Crippen LogP contribution in [0.15, 0.2) is 36.4 Å². The zero-order chi connectivity index (χ0) is 29.3. The molecule has 39 heavy (non-hydrogen) atoms. The molecule has 3 atom stereocenters. The Morgan fingerprint density at radius 2 is 1.56 bits per heavy atom. The fourth-order valence-corrected chi connectivity index (χ4v) is 3.12. The van der Waals surface area contributed by atoms with Crippen molar-refractivity contribution in [1.29, 1.82) is 0 Å². The molecule has 2 aromatic carbocycles. The molecule has 0 radical (unpaired) electrons. The summed E-state index contributed by atoms with van der Waals surface area (Å²) in [6.45, 7) is 4.99. The van der Waals surface area contributed by atoms with Crippen LogP contribution in [0.5, 0.6) is 5.75 Å². The Balaban J connectivity index is 2.07. The number of esters is 1. The maximum atomic E-state index is 13.9. The van der Waals surface area contributed by atoms with Gasteiger partial charge in [-0.3, -0.25) is 9.59 Å². The standard InChI is InChI=1S/C26H30F4N2O7/c1-14(31-25(36)38-12-15-8-6-5-7-9-15)24(35)32-18(11-20(34)39-26(2,3)4)19(33)13-37-23-21(29)16(27)10-17(28)22(23)30/h5-10,14,18-19,33H,11-13H2,1-4H3,(H,31,36)(H,32,35). The van der Waals surface area contributed by atoms with Gasteiger partial charge in [0.2, 0.25) is 17.5 Å². The lowest BCUT2D eigenvalue weighted by Crippen LogP contribution is -2.53. The fourth-order valence-electron chi connectivity index (χ4n) is 3.12. The van der Waals surface area contributed by atoms with E-state index >= 15 is 0 Å². The highest BCUT2D eigenvalue weighted by Crippen LogP contribution is 2.26. The Labute approximate surface area is 222 Å². The summed E-state index contributed by atoms with van der Waals surface area (Å²) >= 11 is 0. The molecule has 3 unspecified atom stereocenters. The summed E-state index contributed by atoms with van der Waals surface area (Å²) in [5.74, 6) is -10.3. The predicted octanol–water partition coefficient (Wildman–Crippen LogP) is 3.51. The van der Waals surface area contributed by atoms with E-state index in [2.05, 4.69) is 10.6 Å². The maximum Gasteiger partial charge on any atom is 0.408 e. The monoisotopic (exact) mass is 558 g/mol. The van der Waals surface area contributed by atoms with Crippen molar-refractivity contribution in [3.05, 3.63) is 65.2 Å². The second-order valence-corrected chi connectivity index (χ2v) is 9.51. The number of carbonyl (C=O) groups excluding carboxylic acids is 3. The number of nitrogens with one attached hydrogen (secondary N) is 2. The summed E-state index contributed by atoms with van der Waals surface area (Å²) in [4.78, 5) is 37.1. The minimum atomic E-state index is -1.83. The molecule has 0 aromatic heterocycles. The molecule has 2 aromatic rings. The van der Waals surface area contributed by atoms with E-state index in [4.69, 9.17) is 14.2 Å². The first-order chi connectivity index (χ1) is 18.2. The minimum Gasteiger partial charge on any atom is -0.485 e. The van der Waals surface area contributed by atoms with Crippen LogP contribution in [-0.4, -0.2) is 53.5 Å². The van der Waals surface area contributed by atoms with Crippen molar-refractivity contribution in [2.45, 2.75) is 64.5 Å². The molecule has 2 amide bonds. The van der Waals surface area contributed by atoms with Gasteiger partial charge in [-0.05, 0) is 33.3 Å². The van der Waals surface area contributed by atoms with Crippen LogP contribution >= 0.6 is 0 Å². The van der Waals surface area contributed by atoms with Gasteiger partial charge in [-0.2, -0.15) is 8.78 Å². The van der Waals surface area contributed by atoms with Gasteiger partial charge in [0.15, 0.2) is 17.4 Å². The molecule has 0 saturated carbocycles. The van der Waals surface area contributed by atoms with Crippen molar-refractivity contribution < 1.29 is 51.3 Å². The van der Waals surface area contributed by atoms with E-state index in [0.29, 0.717) is 5.56 Å². The van der Waals surface area contributed by atoms with Gasteiger partial charge in [-0.15, -0.1) is 0 Å². The van der Waals surface area contributed by atoms with Crippen LogP contribution in [0.4, 0.5) is 22.4 Å². The molecule has 0 heterocycles. The summed E-state index contributed by atoms with van der Waals surface area (Å²) in [7, 11) is 0. The van der Waals surface area contributed by atoms with Gasteiger partial charge in [0, 0.05) is 6.07 Å². The van der Waals surface area contributed by atoms with Crippen LogP contribution in [0.1, 0.15) is 39.7 Å². The Morgan fingerprint density at radius 3 is 2.13 bits per heavy atom. The smallest absolute Gasteiger partial charge is 0.408 e. The van der Waals surface area contributed by atoms with Crippen LogP contribution in [0.3, 0.4) is 0 Å². The van der Waals surface area contributed by atoms with E-state index in [0.717, 1.165) is 0 Å². The number of halogens is 4. The van der Waals surface area contributed by atoms with Crippen molar-refractivity contribution in [3.8, 4) is 5.75 Å². The number of carbonyl (C=O) groups is 3. The summed E-state index contributed by atoms with van der Waals surface area (Å²) in [6, 6.07) is 6.05. The number of aliphatic hydroxyl groups excluding tert-OH is 1. The Bertz CT molecular complexity index is 1130. The maximum absolute atomic E-state index is 13.9. The molecule has 214 valence electrons. The molecule has 0 bridgehead atoms. The molecule has 0 aliphatic rings. The number of alkyl carbamates (subject to hydrolysis) is 1. The quantitative estimate of drug-likeness (QED) is 0.219. The van der Waals surface area contributed by atoms with Crippen molar-refractivity contribution in [1.82, 2.24) is 10.6 Å². The van der Waals surface area contributed by atoms with Crippen LogP contribution < -0.4 is 15.4 Å². The molecule has 0 fully saturated rings. The van der Waals surface area contributed by atoms with Crippen LogP contribution in [0.2, 0.25) is 0 Å². The molecule has 0 saturated heterocycles. The van der Waals surface area contributed by atoms with Gasteiger partial charge < -0.3 is 30.0 Å². The predicted molar refractivity (Wildman–Crippen MR) is 129 cm³/mol. The molecular formula is C26H30F4N2O7. The van der Waals surface area contributed by atoms with Gasteiger partial charge in [-0.1, -0.05) is 30.3 Å². The molecule has 13 heteroatoms. The van der Waals surface area contributed by atoms with Gasteiger partial charge >= 0.3 is 12.1 Å². The third-order valence-corrected chi connectivity index (χ3v) is 5.01. The first kappa shape index (κ1) is 31.3. The molecule has 2 rings (SSSR count). The third-order valence-electron chi connectivity index (χ3n) is 5.01. The first-order valence-corrected chi connectivity index (χ1v) is 11.8. The molecular weight excluding hydrogens is 528 g/mol. The highest BCUT2D eigenvalue weighted by Gasteiger charge is 2.31. The average molecular weight is 559 g/mol. The Hall–Kier alpha value is -3.87. The number of aliphatic hydroxyl groups is 1. The SMILES string of the molecule is CC(NC(=O)OCc1ccccc1)C(=O)NC(CC(=O)OC(C)(C)C)C(O)COc1c(F)c(F)cc(F)c1F. The van der Waals surface area contributed by atoms with E-state index < -0.39 is 83.8 Å². The lowest BCUT2D eigenvalue weighted by atomic mass is 10.1. The summed E-state index contributed by atoms with van der Waals surface area (Å²) in [5.41, 5.74) is -0.216. The Morgan fingerprint density at radius 1 is 0.974 bits per heavy atom. The minimum absolute atomic E-state index is 0.0151. The van der Waals surface area contributed by atoms with Gasteiger partial charge in [0.25, 0.3) is 0 Å². The normalized spacial score (nSPS) is 13.6. The van der Waals surface area contributed by atoms with E-state index in [9.17, 15) is 37.1 Å². The van der Waals surface area contributed by atoms with Gasteiger partial charge in [-0.25, -0.2) is 13.6 Å². The lowest BCUT2D eigenvalue weighted by molar-refractivity contribution is -0.156. The lowest BCUT2D eigenvalue weighted by Gasteiger charge is -2.27. The van der Waals surface area contributed by atoms with Gasteiger partial charge in [0.1, 0.15) is 31.0 Å². The largest absolute Gasteiger partial charge is 0.485 e. The number of ether oxygens (including phenoxy) is 3. The summed E-state index contributed by atoms with van der Waals surface area (Å²) in [5, 5.41) is 15.2. The Kier molecular flexibility index (Phi) is 11.1. The highest BCUT2D eigenvalue weighted by molar-refractivity contribution is 5.86. The zero-order valence-electron chi connectivity index (χ0n) is 21.7. The average Bonchev–Trinajstić information content (AvgIpc) is 2.85. The molecule has 0 aliphatic heterocycles. The number of hydrogen-bond acceptors (Lipinski definition) is 7. The second-order valence-electron chi connectivity index (χ2n) is 9.51. The van der Waals surface area contributed by atoms with E-state index in [1.165, 1.54) is 6.92 Å². The molecule has 0 aliphatic carbocycles. The van der Waals surface area contributed by atoms with Crippen molar-refractivity contribution >= 4 is 18.0 Å². The van der Waals surface area contributed by atoms with Crippen LogP contribution in [0, 0.1) is 23.3 Å². The fraction of sp³-hybridized carbons (Fsp3) is 0.423. The zero-order valence-corrected chi connectivity index (χ0v) is 21.7. The summed E-state index contributed by atoms with van der Waals surface area (Å²) in [6.07, 6.45) is -3.36. The van der Waals surface area contributed by atoms with E-state index in [1.807, 2.05) is 0 Å².